The van der Waals surface area contributed by atoms with Crippen LogP contribution >= 0.6 is 0 Å². The standard InChI is InChI=1S/C12H16N4O2S/c1-10-8-14-16(9-10)7-6-15-19(17,18)12-5-3-2-4-11(12)13/h2-5,8-9,15H,6-7,13H2,1H3. The molecule has 6 nitrogen and oxygen atoms in total. The molecule has 2 rings (SSSR count). The first-order valence-corrected chi connectivity index (χ1v) is 7.30. The van der Waals surface area contributed by atoms with Gasteiger partial charge in [-0.25, -0.2) is 13.1 Å². The normalized spacial score (nSPS) is 11.6. The van der Waals surface area contributed by atoms with Gasteiger partial charge < -0.3 is 5.73 Å². The van der Waals surface area contributed by atoms with Gasteiger partial charge >= 0.3 is 0 Å². The molecule has 1 heterocycles. The number of nitrogen functional groups attached to an aromatic ring is 1. The Morgan fingerprint density at radius 3 is 2.74 bits per heavy atom. The van der Waals surface area contributed by atoms with Gasteiger partial charge in [-0.15, -0.1) is 0 Å². The van der Waals surface area contributed by atoms with Crippen LogP contribution in [0.25, 0.3) is 0 Å². The van der Waals surface area contributed by atoms with Gasteiger partial charge in [0.15, 0.2) is 0 Å². The molecule has 0 fully saturated rings. The van der Waals surface area contributed by atoms with Crippen molar-refractivity contribution < 1.29 is 8.42 Å². The number of anilines is 1. The number of benzene rings is 1. The van der Waals surface area contributed by atoms with Crippen LogP contribution in [0.3, 0.4) is 0 Å². The number of hydrogen-bond acceptors (Lipinski definition) is 4. The largest absolute Gasteiger partial charge is 0.398 e. The lowest BCUT2D eigenvalue weighted by molar-refractivity contribution is 0.561. The summed E-state index contributed by atoms with van der Waals surface area (Å²) in [4.78, 5) is 0.103. The zero-order chi connectivity index (χ0) is 13.9. The third kappa shape index (κ3) is 3.33. The topological polar surface area (TPSA) is 90.0 Å². The molecule has 102 valence electrons. The number of para-hydroxylation sites is 1. The van der Waals surface area contributed by atoms with Crippen molar-refractivity contribution in [2.24, 2.45) is 0 Å². The van der Waals surface area contributed by atoms with Gasteiger partial charge in [-0.05, 0) is 24.6 Å². The fraction of sp³-hybridized carbons (Fsp3) is 0.250. The molecule has 0 atom stereocenters. The van der Waals surface area contributed by atoms with E-state index in [4.69, 9.17) is 5.73 Å². The molecule has 3 N–H and O–H groups in total. The number of aromatic nitrogens is 2. The molecule has 0 aliphatic heterocycles. The Kier molecular flexibility index (Phi) is 3.87. The van der Waals surface area contributed by atoms with Crippen molar-refractivity contribution >= 4 is 15.7 Å². The summed E-state index contributed by atoms with van der Waals surface area (Å²) in [7, 11) is -3.57. The third-order valence-electron chi connectivity index (χ3n) is 2.60. The van der Waals surface area contributed by atoms with Crippen LogP contribution in [0.4, 0.5) is 5.69 Å². The molecule has 1 aromatic heterocycles. The van der Waals surface area contributed by atoms with E-state index in [-0.39, 0.29) is 17.1 Å². The maximum Gasteiger partial charge on any atom is 0.242 e. The fourth-order valence-corrected chi connectivity index (χ4v) is 2.84. The molecular formula is C12H16N4O2S. The second-order valence-corrected chi connectivity index (χ2v) is 5.95. The van der Waals surface area contributed by atoms with Gasteiger partial charge in [-0.2, -0.15) is 5.10 Å². The third-order valence-corrected chi connectivity index (χ3v) is 4.14. The van der Waals surface area contributed by atoms with Crippen LogP contribution in [0, 0.1) is 6.92 Å². The van der Waals surface area contributed by atoms with E-state index < -0.39 is 10.0 Å². The minimum absolute atomic E-state index is 0.103. The van der Waals surface area contributed by atoms with Crippen LogP contribution in [-0.2, 0) is 16.6 Å². The number of hydrogen-bond donors (Lipinski definition) is 2. The van der Waals surface area contributed by atoms with Gasteiger partial charge in [0.1, 0.15) is 4.90 Å². The van der Waals surface area contributed by atoms with E-state index in [1.54, 1.807) is 29.1 Å². The van der Waals surface area contributed by atoms with E-state index in [0.29, 0.717) is 6.54 Å². The van der Waals surface area contributed by atoms with Crippen LogP contribution < -0.4 is 10.5 Å². The second-order valence-electron chi connectivity index (χ2n) is 4.22. The SMILES string of the molecule is Cc1cnn(CCNS(=O)(=O)c2ccccc2N)c1. The first-order chi connectivity index (χ1) is 8.99. The molecule has 0 aliphatic carbocycles. The van der Waals surface area contributed by atoms with Crippen LogP contribution in [0.5, 0.6) is 0 Å². The van der Waals surface area contributed by atoms with Crippen molar-refractivity contribution in [2.45, 2.75) is 18.4 Å². The maximum atomic E-state index is 12.0. The summed E-state index contributed by atoms with van der Waals surface area (Å²) in [6.07, 6.45) is 3.58. The Bertz CT molecular complexity index is 664. The predicted molar refractivity (Wildman–Crippen MR) is 73.0 cm³/mol. The lowest BCUT2D eigenvalue weighted by Gasteiger charge is -2.08. The highest BCUT2D eigenvalue weighted by Crippen LogP contribution is 2.16. The first kappa shape index (κ1) is 13.6. The van der Waals surface area contributed by atoms with Crippen molar-refractivity contribution in [3.63, 3.8) is 0 Å². The first-order valence-electron chi connectivity index (χ1n) is 5.82. The van der Waals surface area contributed by atoms with Gasteiger partial charge in [0.25, 0.3) is 0 Å². The number of rotatable bonds is 5. The molecule has 0 spiro atoms. The molecule has 1 aromatic carbocycles. The number of nitrogens with two attached hydrogens (primary N) is 1. The molecule has 0 unspecified atom stereocenters. The Hall–Kier alpha value is -1.86. The van der Waals surface area contributed by atoms with Crippen molar-refractivity contribution in [3.05, 3.63) is 42.2 Å². The Labute approximate surface area is 112 Å². The second kappa shape index (κ2) is 5.41. The summed E-state index contributed by atoms with van der Waals surface area (Å²) in [5, 5.41) is 4.08. The van der Waals surface area contributed by atoms with Crippen LogP contribution in [0.2, 0.25) is 0 Å². The van der Waals surface area contributed by atoms with Crippen molar-refractivity contribution in [1.82, 2.24) is 14.5 Å². The Balaban J connectivity index is 2.01. The molecule has 0 aliphatic rings. The summed E-state index contributed by atoms with van der Waals surface area (Å²) in [6.45, 7) is 2.66. The highest BCUT2D eigenvalue weighted by Gasteiger charge is 2.15. The molecule has 0 saturated heterocycles. The summed E-state index contributed by atoms with van der Waals surface area (Å²) < 4.78 is 28.2. The smallest absolute Gasteiger partial charge is 0.242 e. The minimum atomic E-state index is -3.57. The molecule has 0 radical (unpaired) electrons. The van der Waals surface area contributed by atoms with Crippen LogP contribution in [0.1, 0.15) is 5.56 Å². The van der Waals surface area contributed by atoms with Gasteiger partial charge in [-0.1, -0.05) is 12.1 Å². The van der Waals surface area contributed by atoms with Crippen molar-refractivity contribution in [2.75, 3.05) is 12.3 Å². The van der Waals surface area contributed by atoms with Crippen molar-refractivity contribution in [1.29, 1.82) is 0 Å². The summed E-state index contributed by atoms with van der Waals surface area (Å²) in [6, 6.07) is 6.38. The molecule has 0 saturated carbocycles. The highest BCUT2D eigenvalue weighted by molar-refractivity contribution is 7.89. The van der Waals surface area contributed by atoms with Crippen LogP contribution in [0.15, 0.2) is 41.6 Å². The molecule has 0 amide bonds. The fourth-order valence-electron chi connectivity index (χ4n) is 1.69. The van der Waals surface area contributed by atoms with Gasteiger partial charge in [0.05, 0.1) is 18.4 Å². The van der Waals surface area contributed by atoms with E-state index in [1.807, 2.05) is 13.1 Å². The zero-order valence-corrected chi connectivity index (χ0v) is 11.4. The monoisotopic (exact) mass is 280 g/mol. The number of aryl methyl sites for hydroxylation is 1. The van der Waals surface area contributed by atoms with Crippen molar-refractivity contribution in [3.8, 4) is 0 Å². The predicted octanol–water partition coefficient (Wildman–Crippen LogP) is 0.752. The quantitative estimate of drug-likeness (QED) is 0.791. The van der Waals surface area contributed by atoms with Crippen LogP contribution in [-0.4, -0.2) is 24.7 Å². The molecule has 19 heavy (non-hydrogen) atoms. The average Bonchev–Trinajstić information content (AvgIpc) is 2.75. The van der Waals surface area contributed by atoms with Gasteiger partial charge in [-0.3, -0.25) is 4.68 Å². The lowest BCUT2D eigenvalue weighted by Crippen LogP contribution is -2.28. The summed E-state index contributed by atoms with van der Waals surface area (Å²) in [5.74, 6) is 0. The van der Waals surface area contributed by atoms with E-state index in [1.165, 1.54) is 6.07 Å². The summed E-state index contributed by atoms with van der Waals surface area (Å²) in [5.41, 5.74) is 6.93. The molecule has 0 bridgehead atoms. The highest BCUT2D eigenvalue weighted by atomic mass is 32.2. The van der Waals surface area contributed by atoms with E-state index in [9.17, 15) is 8.42 Å². The molecular weight excluding hydrogens is 264 g/mol. The zero-order valence-electron chi connectivity index (χ0n) is 10.6. The van der Waals surface area contributed by atoms with E-state index >= 15 is 0 Å². The maximum absolute atomic E-state index is 12.0. The number of sulfonamides is 1. The summed E-state index contributed by atoms with van der Waals surface area (Å²) >= 11 is 0. The van der Waals surface area contributed by atoms with E-state index in [2.05, 4.69) is 9.82 Å². The van der Waals surface area contributed by atoms with Gasteiger partial charge in [0.2, 0.25) is 10.0 Å². The Morgan fingerprint density at radius 2 is 2.11 bits per heavy atom. The molecule has 7 heteroatoms. The minimum Gasteiger partial charge on any atom is -0.398 e. The average molecular weight is 280 g/mol. The number of nitrogens with zero attached hydrogens (tertiary/aromatic N) is 2. The van der Waals surface area contributed by atoms with Gasteiger partial charge in [0, 0.05) is 12.7 Å². The van der Waals surface area contributed by atoms with E-state index in [0.717, 1.165) is 5.56 Å². The Morgan fingerprint density at radius 1 is 1.37 bits per heavy atom. The number of nitrogens with one attached hydrogen (secondary N) is 1. The lowest BCUT2D eigenvalue weighted by atomic mass is 10.3. The molecule has 2 aromatic rings.